The van der Waals surface area contributed by atoms with Crippen molar-refractivity contribution in [3.63, 3.8) is 0 Å². The number of aliphatic hydroxyl groups is 1. The normalized spacial score (nSPS) is 21.4. The van der Waals surface area contributed by atoms with Crippen molar-refractivity contribution >= 4 is 28.9 Å². The van der Waals surface area contributed by atoms with E-state index < -0.39 is 0 Å². The second-order valence-corrected chi connectivity index (χ2v) is 3.17. The number of aliphatic hydroxyl groups excluding tert-OH is 1. The molecule has 0 aliphatic heterocycles. The third-order valence-electron chi connectivity index (χ3n) is 1.87. The highest BCUT2D eigenvalue weighted by Crippen LogP contribution is 2.30. The molecular weight excluding hydrogens is 255 g/mol. The van der Waals surface area contributed by atoms with Gasteiger partial charge in [0.05, 0.1) is 6.26 Å². The quantitative estimate of drug-likeness (QED) is 0.359. The summed E-state index contributed by atoms with van der Waals surface area (Å²) in [7, 11) is 0. The highest BCUT2D eigenvalue weighted by atomic mass is 127. The van der Waals surface area contributed by atoms with Gasteiger partial charge >= 0.3 is 0 Å². The molecule has 0 spiro atoms. The minimum Gasteiger partial charge on any atom is -0.515 e. The van der Waals surface area contributed by atoms with Gasteiger partial charge in [-0.2, -0.15) is 0 Å². The molecule has 0 heterocycles. The van der Waals surface area contributed by atoms with E-state index in [9.17, 15) is 4.79 Å². The van der Waals surface area contributed by atoms with Crippen molar-refractivity contribution in [1.82, 2.24) is 0 Å². The molecule has 0 radical (unpaired) electrons. The molecular formula is C8H9IO2. The van der Waals surface area contributed by atoms with Gasteiger partial charge in [-0.3, -0.25) is 4.79 Å². The van der Waals surface area contributed by atoms with Crippen molar-refractivity contribution in [2.45, 2.75) is 12.8 Å². The summed E-state index contributed by atoms with van der Waals surface area (Å²) in [5, 5.41) is 8.77. The number of halogens is 1. The summed E-state index contributed by atoms with van der Waals surface area (Å²) in [6, 6.07) is 0. The molecule has 1 N–H and O–H groups in total. The highest BCUT2D eigenvalue weighted by Gasteiger charge is 2.17. The SMILES string of the molecule is O=CC1=C(CI)/C(=C/O)CC1. The van der Waals surface area contributed by atoms with Crippen LogP contribution in [0.2, 0.25) is 0 Å². The smallest absolute Gasteiger partial charge is 0.146 e. The number of hydrogen-bond acceptors (Lipinski definition) is 2. The van der Waals surface area contributed by atoms with E-state index in [-0.39, 0.29) is 0 Å². The van der Waals surface area contributed by atoms with Crippen molar-refractivity contribution in [2.75, 3.05) is 4.43 Å². The largest absolute Gasteiger partial charge is 0.515 e. The average molecular weight is 264 g/mol. The van der Waals surface area contributed by atoms with E-state index in [4.69, 9.17) is 5.11 Å². The Balaban J connectivity index is 2.96. The molecule has 0 aromatic heterocycles. The highest BCUT2D eigenvalue weighted by molar-refractivity contribution is 14.1. The van der Waals surface area contributed by atoms with Gasteiger partial charge in [0.15, 0.2) is 0 Å². The molecule has 3 heteroatoms. The van der Waals surface area contributed by atoms with Gasteiger partial charge in [-0.15, -0.1) is 0 Å². The van der Waals surface area contributed by atoms with Crippen LogP contribution in [0.1, 0.15) is 12.8 Å². The second-order valence-electron chi connectivity index (χ2n) is 2.41. The van der Waals surface area contributed by atoms with Crippen LogP contribution in [0.25, 0.3) is 0 Å². The van der Waals surface area contributed by atoms with Crippen LogP contribution in [-0.2, 0) is 4.79 Å². The molecule has 0 atom stereocenters. The van der Waals surface area contributed by atoms with Crippen LogP contribution in [0.15, 0.2) is 23.0 Å². The molecule has 0 fully saturated rings. The Morgan fingerprint density at radius 2 is 2.27 bits per heavy atom. The van der Waals surface area contributed by atoms with Crippen molar-refractivity contribution < 1.29 is 9.90 Å². The van der Waals surface area contributed by atoms with Gasteiger partial charge < -0.3 is 5.11 Å². The predicted molar refractivity (Wildman–Crippen MR) is 51.9 cm³/mol. The van der Waals surface area contributed by atoms with Crippen molar-refractivity contribution in [3.8, 4) is 0 Å². The second kappa shape index (κ2) is 3.90. The van der Waals surface area contributed by atoms with Gasteiger partial charge in [0.2, 0.25) is 0 Å². The lowest BCUT2D eigenvalue weighted by molar-refractivity contribution is -0.105. The lowest BCUT2D eigenvalue weighted by Gasteiger charge is -1.97. The van der Waals surface area contributed by atoms with Crippen molar-refractivity contribution in [2.24, 2.45) is 0 Å². The van der Waals surface area contributed by atoms with E-state index >= 15 is 0 Å². The Hall–Kier alpha value is -0.320. The lowest BCUT2D eigenvalue weighted by Crippen LogP contribution is -1.88. The van der Waals surface area contributed by atoms with Crippen LogP contribution in [0.5, 0.6) is 0 Å². The van der Waals surface area contributed by atoms with Crippen molar-refractivity contribution in [3.05, 3.63) is 23.0 Å². The van der Waals surface area contributed by atoms with Gasteiger partial charge in [-0.05, 0) is 29.6 Å². The van der Waals surface area contributed by atoms with Crippen molar-refractivity contribution in [1.29, 1.82) is 0 Å². The molecule has 2 nitrogen and oxygen atoms in total. The topological polar surface area (TPSA) is 37.3 Å². The number of rotatable bonds is 2. The average Bonchev–Trinajstić information content (AvgIpc) is 2.45. The maximum Gasteiger partial charge on any atom is 0.146 e. The maximum absolute atomic E-state index is 10.5. The Kier molecular flexibility index (Phi) is 3.11. The van der Waals surface area contributed by atoms with E-state index in [1.807, 2.05) is 0 Å². The maximum atomic E-state index is 10.5. The molecule has 60 valence electrons. The Morgan fingerprint density at radius 1 is 1.55 bits per heavy atom. The summed E-state index contributed by atoms with van der Waals surface area (Å²) < 4.78 is 0.804. The number of allylic oxidation sites excluding steroid dienone is 3. The van der Waals surface area contributed by atoms with Crippen LogP contribution in [-0.4, -0.2) is 15.8 Å². The van der Waals surface area contributed by atoms with Gasteiger partial charge in [0, 0.05) is 4.43 Å². The predicted octanol–water partition coefficient (Wildman–Crippen LogP) is 2.15. The zero-order chi connectivity index (χ0) is 8.27. The molecule has 0 saturated heterocycles. The fourth-order valence-corrected chi connectivity index (χ4v) is 2.20. The monoisotopic (exact) mass is 264 g/mol. The Morgan fingerprint density at radius 3 is 2.73 bits per heavy atom. The van der Waals surface area contributed by atoms with Crippen LogP contribution in [0.3, 0.4) is 0 Å². The number of alkyl halides is 1. The number of aldehydes is 1. The number of carbonyl (C=O) groups excluding carboxylic acids is 1. The van der Waals surface area contributed by atoms with E-state index in [0.717, 1.165) is 46.5 Å². The molecule has 1 rings (SSSR count). The third-order valence-corrected chi connectivity index (χ3v) is 2.63. The van der Waals surface area contributed by atoms with Crippen LogP contribution in [0, 0.1) is 0 Å². The molecule has 0 aromatic rings. The van der Waals surface area contributed by atoms with E-state index in [2.05, 4.69) is 22.6 Å². The Labute approximate surface area is 79.1 Å². The van der Waals surface area contributed by atoms with Crippen LogP contribution >= 0.6 is 22.6 Å². The zero-order valence-corrected chi connectivity index (χ0v) is 8.17. The fourth-order valence-electron chi connectivity index (χ4n) is 1.22. The molecule has 0 amide bonds. The molecule has 0 unspecified atom stereocenters. The fraction of sp³-hybridized carbons (Fsp3) is 0.375. The van der Waals surface area contributed by atoms with E-state index in [0.29, 0.717) is 0 Å². The summed E-state index contributed by atoms with van der Waals surface area (Å²) >= 11 is 2.20. The lowest BCUT2D eigenvalue weighted by atomic mass is 10.1. The summed E-state index contributed by atoms with van der Waals surface area (Å²) in [6.07, 6.45) is 3.60. The molecule has 0 aromatic carbocycles. The van der Waals surface area contributed by atoms with Gasteiger partial charge in [-0.1, -0.05) is 22.6 Å². The van der Waals surface area contributed by atoms with E-state index in [1.165, 1.54) is 0 Å². The van der Waals surface area contributed by atoms with Gasteiger partial charge in [0.1, 0.15) is 6.29 Å². The van der Waals surface area contributed by atoms with Gasteiger partial charge in [-0.25, -0.2) is 0 Å². The summed E-state index contributed by atoms with van der Waals surface area (Å²) in [5.41, 5.74) is 2.78. The molecule has 11 heavy (non-hydrogen) atoms. The first-order valence-electron chi connectivity index (χ1n) is 3.40. The molecule has 1 aliphatic carbocycles. The minimum absolute atomic E-state index is 0.786. The number of hydrogen-bond donors (Lipinski definition) is 1. The first-order valence-corrected chi connectivity index (χ1v) is 4.92. The first-order chi connectivity index (χ1) is 5.33. The third kappa shape index (κ3) is 1.64. The Bertz CT molecular complexity index is 228. The van der Waals surface area contributed by atoms with Crippen LogP contribution < -0.4 is 0 Å². The minimum atomic E-state index is 0.786. The van der Waals surface area contributed by atoms with Gasteiger partial charge in [0.25, 0.3) is 0 Å². The summed E-state index contributed by atoms with van der Waals surface area (Å²) in [4.78, 5) is 10.5. The zero-order valence-electron chi connectivity index (χ0n) is 6.01. The van der Waals surface area contributed by atoms with Crippen LogP contribution in [0.4, 0.5) is 0 Å². The first kappa shape index (κ1) is 8.77. The molecule has 0 bridgehead atoms. The number of carbonyl (C=O) groups is 1. The van der Waals surface area contributed by atoms with E-state index in [1.54, 1.807) is 0 Å². The standard InChI is InChI=1S/C8H9IO2/c9-3-8-6(4-10)1-2-7(8)5-11/h4-5,10H,1-3H2/b6-4+. The molecule has 0 saturated carbocycles. The summed E-state index contributed by atoms with van der Waals surface area (Å²) in [5.74, 6) is 0. The summed E-state index contributed by atoms with van der Waals surface area (Å²) in [6.45, 7) is 0. The molecule has 1 aliphatic rings.